The Hall–Kier alpha value is -2.26. The Labute approximate surface area is 187 Å². The van der Waals surface area contributed by atoms with E-state index in [1.165, 1.54) is 6.07 Å². The lowest BCUT2D eigenvalue weighted by Gasteiger charge is -2.16. The number of rotatable bonds is 4. The second-order valence-electron chi connectivity index (χ2n) is 5.94. The molecule has 1 fully saturated rings. The van der Waals surface area contributed by atoms with Crippen molar-refractivity contribution in [2.24, 2.45) is 0 Å². The third-order valence-corrected chi connectivity index (χ3v) is 5.96. The van der Waals surface area contributed by atoms with Crippen molar-refractivity contribution >= 4 is 75.2 Å². The van der Waals surface area contributed by atoms with E-state index in [-0.39, 0.29) is 4.32 Å². The van der Waals surface area contributed by atoms with Crippen molar-refractivity contribution in [3.8, 4) is 5.75 Å². The molecule has 2 N–H and O–H groups in total. The van der Waals surface area contributed by atoms with Gasteiger partial charge in [0.25, 0.3) is 5.91 Å². The first kappa shape index (κ1) is 21.4. The van der Waals surface area contributed by atoms with E-state index in [0.29, 0.717) is 26.4 Å². The standard InChI is InChI=1S/C19H15Cl2N3O3S2/c1-10-3-4-11(7-15(10)27-2)8-16-17(25)24(19(28)29-16)23-18(26)22-12-5-6-13(20)14(21)9-12/h3-9H,1-2H3,(H2,22,23,26)/b16-8+. The molecule has 6 nitrogen and oxygen atoms in total. The molecular weight excluding hydrogens is 453 g/mol. The monoisotopic (exact) mass is 467 g/mol. The fraction of sp³-hybridized carbons (Fsp3) is 0.105. The van der Waals surface area contributed by atoms with Crippen LogP contribution in [-0.2, 0) is 4.79 Å². The number of benzene rings is 2. The van der Waals surface area contributed by atoms with E-state index >= 15 is 0 Å². The van der Waals surface area contributed by atoms with Crippen LogP contribution in [0.15, 0.2) is 41.3 Å². The molecule has 2 aromatic rings. The van der Waals surface area contributed by atoms with Gasteiger partial charge in [0.2, 0.25) is 0 Å². The molecule has 3 rings (SSSR count). The fourth-order valence-corrected chi connectivity index (χ4v) is 3.95. The Morgan fingerprint density at radius 1 is 1.21 bits per heavy atom. The van der Waals surface area contributed by atoms with Crippen LogP contribution in [0.1, 0.15) is 11.1 Å². The Morgan fingerprint density at radius 2 is 1.97 bits per heavy atom. The Kier molecular flexibility index (Phi) is 6.69. The number of hydrogen-bond donors (Lipinski definition) is 2. The number of nitrogens with one attached hydrogen (secondary N) is 2. The van der Waals surface area contributed by atoms with Crippen LogP contribution in [0.4, 0.5) is 10.5 Å². The summed E-state index contributed by atoms with van der Waals surface area (Å²) in [5, 5.41) is 4.26. The number of nitrogens with zero attached hydrogens (tertiary/aromatic N) is 1. The Morgan fingerprint density at radius 3 is 2.66 bits per heavy atom. The quantitative estimate of drug-likeness (QED) is 0.474. The van der Waals surface area contributed by atoms with Crippen LogP contribution in [0.5, 0.6) is 5.75 Å². The zero-order valence-electron chi connectivity index (χ0n) is 15.3. The third kappa shape index (κ3) is 5.02. The van der Waals surface area contributed by atoms with Gasteiger partial charge in [-0.05, 0) is 60.6 Å². The van der Waals surface area contributed by atoms with Gasteiger partial charge in [-0.25, -0.2) is 10.2 Å². The maximum atomic E-state index is 12.7. The smallest absolute Gasteiger partial charge is 0.338 e. The highest BCUT2D eigenvalue weighted by atomic mass is 35.5. The van der Waals surface area contributed by atoms with E-state index < -0.39 is 11.9 Å². The normalized spacial score (nSPS) is 15.0. The predicted molar refractivity (Wildman–Crippen MR) is 121 cm³/mol. The van der Waals surface area contributed by atoms with Crippen LogP contribution >= 0.6 is 47.2 Å². The molecule has 10 heteroatoms. The number of carbonyl (C=O) groups excluding carboxylic acids is 2. The number of ether oxygens (including phenoxy) is 1. The minimum atomic E-state index is -0.641. The van der Waals surface area contributed by atoms with E-state index in [4.69, 9.17) is 40.2 Å². The molecule has 0 saturated carbocycles. The van der Waals surface area contributed by atoms with Crippen LogP contribution in [-0.4, -0.2) is 28.4 Å². The lowest BCUT2D eigenvalue weighted by molar-refractivity contribution is -0.123. The molecule has 150 valence electrons. The molecule has 29 heavy (non-hydrogen) atoms. The molecule has 0 radical (unpaired) electrons. The van der Waals surface area contributed by atoms with Crippen molar-refractivity contribution in [1.29, 1.82) is 0 Å². The highest BCUT2D eigenvalue weighted by molar-refractivity contribution is 8.26. The minimum Gasteiger partial charge on any atom is -0.496 e. The third-order valence-electron chi connectivity index (χ3n) is 3.91. The number of urea groups is 1. The molecule has 1 saturated heterocycles. The van der Waals surface area contributed by atoms with Gasteiger partial charge < -0.3 is 10.1 Å². The molecule has 0 atom stereocenters. The summed E-state index contributed by atoms with van der Waals surface area (Å²) in [6.45, 7) is 1.93. The molecule has 3 amide bonds. The van der Waals surface area contributed by atoms with Crippen LogP contribution in [0.2, 0.25) is 10.0 Å². The molecule has 0 unspecified atom stereocenters. The van der Waals surface area contributed by atoms with Crippen molar-refractivity contribution in [2.45, 2.75) is 6.92 Å². The van der Waals surface area contributed by atoms with Crippen LogP contribution < -0.4 is 15.5 Å². The van der Waals surface area contributed by atoms with Gasteiger partial charge >= 0.3 is 6.03 Å². The number of aryl methyl sites for hydroxylation is 1. The summed E-state index contributed by atoms with van der Waals surface area (Å²) in [4.78, 5) is 25.3. The average molecular weight is 468 g/mol. The van der Waals surface area contributed by atoms with Gasteiger partial charge in [-0.15, -0.1) is 0 Å². The predicted octanol–water partition coefficient (Wildman–Crippen LogP) is 5.25. The van der Waals surface area contributed by atoms with E-state index in [0.717, 1.165) is 27.9 Å². The summed E-state index contributed by atoms with van der Waals surface area (Å²) in [5.41, 5.74) is 4.63. The van der Waals surface area contributed by atoms with Gasteiger partial charge in [0, 0.05) is 5.69 Å². The van der Waals surface area contributed by atoms with Gasteiger partial charge in [0.05, 0.1) is 22.1 Å². The molecular formula is C19H15Cl2N3O3S2. The van der Waals surface area contributed by atoms with Crippen LogP contribution in [0.25, 0.3) is 6.08 Å². The van der Waals surface area contributed by atoms with Crippen molar-refractivity contribution in [1.82, 2.24) is 10.4 Å². The minimum absolute atomic E-state index is 0.213. The second kappa shape index (κ2) is 9.04. The van der Waals surface area contributed by atoms with Crippen molar-refractivity contribution in [3.63, 3.8) is 0 Å². The highest BCUT2D eigenvalue weighted by Crippen LogP contribution is 2.32. The van der Waals surface area contributed by atoms with Gasteiger partial charge in [-0.1, -0.05) is 47.1 Å². The lowest BCUT2D eigenvalue weighted by atomic mass is 10.1. The number of amides is 3. The van der Waals surface area contributed by atoms with E-state index in [1.807, 2.05) is 25.1 Å². The first-order valence-electron chi connectivity index (χ1n) is 8.24. The molecule has 0 aromatic heterocycles. The van der Waals surface area contributed by atoms with E-state index in [9.17, 15) is 9.59 Å². The van der Waals surface area contributed by atoms with Crippen molar-refractivity contribution < 1.29 is 14.3 Å². The summed E-state index contributed by atoms with van der Waals surface area (Å²) in [7, 11) is 1.59. The average Bonchev–Trinajstić information content (AvgIpc) is 2.93. The summed E-state index contributed by atoms with van der Waals surface area (Å²) in [6.07, 6.45) is 1.69. The molecule has 2 aromatic carbocycles. The van der Waals surface area contributed by atoms with Gasteiger partial charge in [0.1, 0.15) is 5.75 Å². The zero-order chi connectivity index (χ0) is 21.1. The van der Waals surface area contributed by atoms with Crippen molar-refractivity contribution in [2.75, 3.05) is 12.4 Å². The van der Waals surface area contributed by atoms with Crippen molar-refractivity contribution in [3.05, 3.63) is 62.5 Å². The summed E-state index contributed by atoms with van der Waals surface area (Å²) in [5.74, 6) is 0.289. The number of halogens is 2. The van der Waals surface area contributed by atoms with E-state index in [1.54, 1.807) is 25.3 Å². The fourth-order valence-electron chi connectivity index (χ4n) is 2.48. The largest absolute Gasteiger partial charge is 0.496 e. The molecule has 0 aliphatic carbocycles. The number of hydrogen-bond acceptors (Lipinski definition) is 5. The SMILES string of the molecule is COc1cc(/C=C2/SC(=S)N(NC(=O)Nc3ccc(Cl)c(Cl)c3)C2=O)ccc1C. The molecule has 1 aliphatic rings. The Bertz CT molecular complexity index is 1040. The summed E-state index contributed by atoms with van der Waals surface area (Å²) in [6, 6.07) is 9.59. The van der Waals surface area contributed by atoms with Crippen LogP contribution in [0.3, 0.4) is 0 Å². The zero-order valence-corrected chi connectivity index (χ0v) is 18.4. The number of methoxy groups -OCH3 is 1. The lowest BCUT2D eigenvalue weighted by Crippen LogP contribution is -2.46. The number of carbonyl (C=O) groups is 2. The molecule has 1 aliphatic heterocycles. The van der Waals surface area contributed by atoms with Crippen LogP contribution in [0, 0.1) is 6.92 Å². The maximum absolute atomic E-state index is 12.7. The number of thiocarbonyl (C=S) groups is 1. The number of anilines is 1. The molecule has 0 bridgehead atoms. The molecule has 1 heterocycles. The van der Waals surface area contributed by atoms with Gasteiger partial charge in [0.15, 0.2) is 4.32 Å². The first-order chi connectivity index (χ1) is 13.8. The number of hydrazine groups is 1. The topological polar surface area (TPSA) is 70.7 Å². The summed E-state index contributed by atoms with van der Waals surface area (Å²) < 4.78 is 5.52. The van der Waals surface area contributed by atoms with E-state index in [2.05, 4.69) is 10.7 Å². The first-order valence-corrected chi connectivity index (χ1v) is 10.2. The number of thioether (sulfide) groups is 1. The second-order valence-corrected chi connectivity index (χ2v) is 8.43. The van der Waals surface area contributed by atoms with Gasteiger partial charge in [-0.3, -0.25) is 4.79 Å². The highest BCUT2D eigenvalue weighted by Gasteiger charge is 2.33. The summed E-state index contributed by atoms with van der Waals surface area (Å²) >= 11 is 18.1. The maximum Gasteiger partial charge on any atom is 0.338 e. The molecule has 0 spiro atoms. The Balaban J connectivity index is 1.71. The van der Waals surface area contributed by atoms with Gasteiger partial charge in [-0.2, -0.15) is 5.01 Å².